The summed E-state index contributed by atoms with van der Waals surface area (Å²) in [6, 6.07) is 11.5. The van der Waals surface area contributed by atoms with Gasteiger partial charge in [-0.2, -0.15) is 13.2 Å². The maximum atomic E-state index is 12.9. The lowest BCUT2D eigenvalue weighted by Crippen LogP contribution is -2.39. The SMILES string of the molecule is CC1(C)CCN(CC(=O)NCC2CCCCC2)Cc2cc(-c3ccc(C(F)(F)F)cc3)ccc21. The number of fused-ring (bicyclic) bond motifs is 1. The molecule has 1 saturated carbocycles. The Morgan fingerprint density at radius 2 is 1.71 bits per heavy atom. The molecular weight excluding hydrogens is 437 g/mol. The second kappa shape index (κ2) is 10.1. The summed E-state index contributed by atoms with van der Waals surface area (Å²) in [4.78, 5) is 14.9. The number of halogens is 3. The van der Waals surface area contributed by atoms with E-state index in [2.05, 4.69) is 36.2 Å². The maximum Gasteiger partial charge on any atom is 0.416 e. The highest BCUT2D eigenvalue weighted by Gasteiger charge is 2.31. The summed E-state index contributed by atoms with van der Waals surface area (Å²) in [6.45, 7) is 7.06. The van der Waals surface area contributed by atoms with Crippen LogP contribution < -0.4 is 5.32 Å². The molecule has 0 saturated heterocycles. The molecule has 1 amide bonds. The van der Waals surface area contributed by atoms with E-state index in [1.54, 1.807) is 0 Å². The van der Waals surface area contributed by atoms with E-state index in [0.29, 0.717) is 19.0 Å². The molecule has 0 bridgehead atoms. The molecule has 0 atom stereocenters. The van der Waals surface area contributed by atoms with Gasteiger partial charge in [0.25, 0.3) is 0 Å². The number of carbonyl (C=O) groups is 1. The second-order valence-corrected chi connectivity index (χ2v) is 10.6. The van der Waals surface area contributed by atoms with Gasteiger partial charge in [0.05, 0.1) is 12.1 Å². The van der Waals surface area contributed by atoms with Crippen LogP contribution in [0, 0.1) is 5.92 Å². The zero-order chi connectivity index (χ0) is 24.3. The molecule has 1 aliphatic heterocycles. The quantitative estimate of drug-likeness (QED) is 0.535. The lowest BCUT2D eigenvalue weighted by molar-refractivity contribution is -0.137. The molecule has 1 fully saturated rings. The zero-order valence-corrected chi connectivity index (χ0v) is 20.2. The first-order chi connectivity index (χ1) is 16.1. The maximum absolute atomic E-state index is 12.9. The van der Waals surface area contributed by atoms with Gasteiger partial charge < -0.3 is 5.32 Å². The fourth-order valence-electron chi connectivity index (χ4n) is 5.35. The van der Waals surface area contributed by atoms with Gasteiger partial charge in [-0.25, -0.2) is 0 Å². The highest BCUT2D eigenvalue weighted by Crippen LogP contribution is 2.37. The van der Waals surface area contributed by atoms with E-state index in [9.17, 15) is 18.0 Å². The largest absolute Gasteiger partial charge is 0.416 e. The van der Waals surface area contributed by atoms with Crippen LogP contribution in [0.3, 0.4) is 0 Å². The van der Waals surface area contributed by atoms with Crippen LogP contribution in [0.1, 0.15) is 69.1 Å². The highest BCUT2D eigenvalue weighted by molar-refractivity contribution is 5.78. The monoisotopic (exact) mass is 472 g/mol. The van der Waals surface area contributed by atoms with Gasteiger partial charge in [-0.15, -0.1) is 0 Å². The van der Waals surface area contributed by atoms with Crippen LogP contribution in [-0.4, -0.2) is 30.4 Å². The first-order valence-corrected chi connectivity index (χ1v) is 12.4. The van der Waals surface area contributed by atoms with Gasteiger partial charge in [0.1, 0.15) is 0 Å². The van der Waals surface area contributed by atoms with E-state index in [4.69, 9.17) is 0 Å². The predicted molar refractivity (Wildman–Crippen MR) is 129 cm³/mol. The Bertz CT molecular complexity index is 992. The van der Waals surface area contributed by atoms with Crippen LogP contribution in [0.2, 0.25) is 0 Å². The molecule has 184 valence electrons. The van der Waals surface area contributed by atoms with Crippen LogP contribution in [0.4, 0.5) is 13.2 Å². The molecule has 2 aromatic carbocycles. The summed E-state index contributed by atoms with van der Waals surface area (Å²) in [7, 11) is 0. The highest BCUT2D eigenvalue weighted by atomic mass is 19.4. The fraction of sp³-hybridized carbons (Fsp3) is 0.536. The number of amides is 1. The Labute approximate surface area is 200 Å². The lowest BCUT2D eigenvalue weighted by Gasteiger charge is -2.25. The number of hydrogen-bond acceptors (Lipinski definition) is 2. The summed E-state index contributed by atoms with van der Waals surface area (Å²) in [5, 5.41) is 3.15. The number of alkyl halides is 3. The van der Waals surface area contributed by atoms with Gasteiger partial charge >= 0.3 is 6.18 Å². The van der Waals surface area contributed by atoms with Crippen molar-refractivity contribution < 1.29 is 18.0 Å². The smallest absolute Gasteiger partial charge is 0.355 e. The van der Waals surface area contributed by atoms with E-state index in [-0.39, 0.29) is 11.3 Å². The third-order valence-electron chi connectivity index (χ3n) is 7.51. The van der Waals surface area contributed by atoms with E-state index in [1.165, 1.54) is 49.8 Å². The van der Waals surface area contributed by atoms with Crippen molar-refractivity contribution in [3.05, 3.63) is 59.2 Å². The minimum absolute atomic E-state index is 0.0403. The molecule has 1 aliphatic carbocycles. The zero-order valence-electron chi connectivity index (χ0n) is 20.2. The molecule has 2 aliphatic rings. The number of rotatable bonds is 5. The number of nitrogens with one attached hydrogen (secondary N) is 1. The van der Waals surface area contributed by atoms with Gasteiger partial charge in [0.2, 0.25) is 5.91 Å². The van der Waals surface area contributed by atoms with Gasteiger partial charge in [-0.3, -0.25) is 9.69 Å². The van der Waals surface area contributed by atoms with Gasteiger partial charge in [-0.05, 0) is 77.6 Å². The summed E-state index contributed by atoms with van der Waals surface area (Å²) >= 11 is 0. The molecule has 0 aromatic heterocycles. The van der Waals surface area contributed by atoms with Crippen LogP contribution in [0.5, 0.6) is 0 Å². The lowest BCUT2D eigenvalue weighted by atomic mass is 9.79. The number of hydrogen-bond donors (Lipinski definition) is 1. The average molecular weight is 473 g/mol. The summed E-state index contributed by atoms with van der Waals surface area (Å²) in [5.41, 5.74) is 3.36. The van der Waals surface area contributed by atoms with Crippen molar-refractivity contribution in [2.24, 2.45) is 5.92 Å². The first kappa shape index (κ1) is 24.8. The fourth-order valence-corrected chi connectivity index (χ4v) is 5.35. The van der Waals surface area contributed by atoms with Crippen LogP contribution in [0.25, 0.3) is 11.1 Å². The molecule has 4 rings (SSSR count). The first-order valence-electron chi connectivity index (χ1n) is 12.4. The summed E-state index contributed by atoms with van der Waals surface area (Å²) < 4.78 is 38.8. The minimum Gasteiger partial charge on any atom is -0.355 e. The Kier molecular flexibility index (Phi) is 7.36. The van der Waals surface area contributed by atoms with Crippen molar-refractivity contribution in [2.75, 3.05) is 19.6 Å². The molecular formula is C28H35F3N2O. The number of benzene rings is 2. The molecule has 3 nitrogen and oxygen atoms in total. The van der Waals surface area contributed by atoms with Gasteiger partial charge in [0, 0.05) is 13.1 Å². The summed E-state index contributed by atoms with van der Waals surface area (Å²) in [6.07, 6.45) is 2.85. The van der Waals surface area contributed by atoms with Crippen molar-refractivity contribution in [1.29, 1.82) is 0 Å². The van der Waals surface area contributed by atoms with Crippen LogP contribution in [-0.2, 0) is 22.9 Å². The average Bonchev–Trinajstić information content (AvgIpc) is 2.93. The number of nitrogens with zero attached hydrogens (tertiary/aromatic N) is 1. The van der Waals surface area contributed by atoms with Crippen LogP contribution >= 0.6 is 0 Å². The number of carbonyl (C=O) groups excluding carboxylic acids is 1. The normalized spacial score (nSPS) is 19.3. The molecule has 6 heteroatoms. The van der Waals surface area contributed by atoms with E-state index >= 15 is 0 Å². The summed E-state index contributed by atoms with van der Waals surface area (Å²) in [5.74, 6) is 0.679. The van der Waals surface area contributed by atoms with Gasteiger partial charge in [-0.1, -0.05) is 57.4 Å². The Hall–Kier alpha value is -2.34. The molecule has 0 unspecified atom stereocenters. The van der Waals surface area contributed by atoms with E-state index in [1.807, 2.05) is 6.07 Å². The standard InChI is InChI=1S/C28H35F3N2O/c1-27(2)14-15-33(19-26(34)32-17-20-6-4-3-5-7-20)18-23-16-22(10-13-25(23)27)21-8-11-24(12-9-21)28(29,30)31/h8-13,16,20H,3-7,14-15,17-19H2,1-2H3,(H,32,34). The second-order valence-electron chi connectivity index (χ2n) is 10.6. The molecule has 2 aromatic rings. The molecule has 0 radical (unpaired) electrons. The van der Waals surface area contributed by atoms with E-state index < -0.39 is 11.7 Å². The van der Waals surface area contributed by atoms with Crippen LogP contribution in [0.15, 0.2) is 42.5 Å². The molecule has 1 heterocycles. The molecule has 34 heavy (non-hydrogen) atoms. The predicted octanol–water partition coefficient (Wildman–Crippen LogP) is 6.55. The third-order valence-corrected chi connectivity index (χ3v) is 7.51. The van der Waals surface area contributed by atoms with Crippen molar-refractivity contribution in [2.45, 2.75) is 70.5 Å². The van der Waals surface area contributed by atoms with Crippen molar-refractivity contribution in [1.82, 2.24) is 10.2 Å². The minimum atomic E-state index is -4.34. The van der Waals surface area contributed by atoms with Crippen molar-refractivity contribution in [3.63, 3.8) is 0 Å². The van der Waals surface area contributed by atoms with E-state index in [0.717, 1.165) is 48.3 Å². The molecule has 0 spiro atoms. The van der Waals surface area contributed by atoms with Crippen molar-refractivity contribution in [3.8, 4) is 11.1 Å². The van der Waals surface area contributed by atoms with Crippen molar-refractivity contribution >= 4 is 5.91 Å². The Morgan fingerprint density at radius 1 is 1.03 bits per heavy atom. The molecule has 1 N–H and O–H groups in total. The third kappa shape index (κ3) is 6.01. The topological polar surface area (TPSA) is 32.3 Å². The Morgan fingerprint density at radius 3 is 2.38 bits per heavy atom. The van der Waals surface area contributed by atoms with Gasteiger partial charge in [0.15, 0.2) is 0 Å². The Balaban J connectivity index is 1.47.